The van der Waals surface area contributed by atoms with Crippen LogP contribution in [-0.2, 0) is 11.4 Å². The Morgan fingerprint density at radius 1 is 1.22 bits per heavy atom. The van der Waals surface area contributed by atoms with Crippen LogP contribution in [0.5, 0.6) is 0 Å². The number of benzene rings is 1. The molecule has 0 aliphatic carbocycles. The monoisotopic (exact) mass is 268 g/mol. The van der Waals surface area contributed by atoms with Crippen molar-refractivity contribution in [1.29, 1.82) is 0 Å². The summed E-state index contributed by atoms with van der Waals surface area (Å²) < 4.78 is 0. The van der Waals surface area contributed by atoms with E-state index in [0.29, 0.717) is 6.42 Å². The topological polar surface area (TPSA) is 75.3 Å². The molecule has 0 radical (unpaired) electrons. The van der Waals surface area contributed by atoms with Crippen LogP contribution in [0.25, 0.3) is 0 Å². The highest BCUT2D eigenvalue weighted by Crippen LogP contribution is 2.20. The largest absolute Gasteiger partial charge is 0.392 e. The molecule has 0 spiro atoms. The summed E-state index contributed by atoms with van der Waals surface area (Å²) in [6.07, 6.45) is 3.51. The Labute approximate surface area is 112 Å². The lowest BCUT2D eigenvalue weighted by Crippen LogP contribution is -2.29. The molecule has 1 amide bonds. The van der Waals surface area contributed by atoms with Gasteiger partial charge in [0, 0.05) is 11.3 Å². The molecule has 0 aromatic heterocycles. The summed E-state index contributed by atoms with van der Waals surface area (Å²) in [5.74, 6) is 5.94. The molecule has 0 aliphatic rings. The van der Waals surface area contributed by atoms with E-state index in [9.17, 15) is 4.79 Å². The fourth-order valence-electron chi connectivity index (χ4n) is 1.52. The second-order valence-corrected chi connectivity index (χ2v) is 5.20. The lowest BCUT2D eigenvalue weighted by Gasteiger charge is -2.03. The minimum Gasteiger partial charge on any atom is -0.392 e. The third-order valence-corrected chi connectivity index (χ3v) is 3.68. The number of carbonyl (C=O) groups is 1. The lowest BCUT2D eigenvalue weighted by atomic mass is 10.2. The zero-order chi connectivity index (χ0) is 13.2. The van der Waals surface area contributed by atoms with Crippen molar-refractivity contribution in [1.82, 2.24) is 5.43 Å². The van der Waals surface area contributed by atoms with Crippen molar-refractivity contribution in [2.24, 2.45) is 5.84 Å². The molecule has 1 rings (SSSR count). The predicted octanol–water partition coefficient (Wildman–Crippen LogP) is 1.82. The molecule has 0 heterocycles. The van der Waals surface area contributed by atoms with Crippen LogP contribution in [0.4, 0.5) is 0 Å². The first-order chi connectivity index (χ1) is 8.76. The van der Waals surface area contributed by atoms with E-state index in [0.717, 1.165) is 30.6 Å². The van der Waals surface area contributed by atoms with Gasteiger partial charge in [0.1, 0.15) is 0 Å². The molecule has 4 nitrogen and oxygen atoms in total. The van der Waals surface area contributed by atoms with Crippen molar-refractivity contribution >= 4 is 17.7 Å². The maximum atomic E-state index is 10.9. The van der Waals surface area contributed by atoms with Crippen molar-refractivity contribution in [2.75, 3.05) is 5.75 Å². The summed E-state index contributed by atoms with van der Waals surface area (Å²) >= 11 is 1.80. The Kier molecular flexibility index (Phi) is 7.48. The number of carbonyl (C=O) groups excluding carboxylic acids is 1. The first-order valence-electron chi connectivity index (χ1n) is 6.08. The Bertz CT molecular complexity index is 355. The second-order valence-electron chi connectivity index (χ2n) is 4.03. The van der Waals surface area contributed by atoms with Crippen molar-refractivity contribution < 1.29 is 9.90 Å². The standard InChI is InChI=1S/C13H20N2O2S/c14-15-13(17)4-2-1-3-9-18-12-7-5-11(10-16)6-8-12/h5-8,16H,1-4,9-10,14H2,(H,15,17). The maximum Gasteiger partial charge on any atom is 0.233 e. The van der Waals surface area contributed by atoms with Crippen LogP contribution in [0.2, 0.25) is 0 Å². The zero-order valence-electron chi connectivity index (χ0n) is 10.4. The van der Waals surface area contributed by atoms with Gasteiger partial charge in [-0.2, -0.15) is 0 Å². The number of amides is 1. The normalized spacial score (nSPS) is 10.3. The van der Waals surface area contributed by atoms with E-state index in [4.69, 9.17) is 10.9 Å². The van der Waals surface area contributed by atoms with Gasteiger partial charge in [0.25, 0.3) is 0 Å². The van der Waals surface area contributed by atoms with Gasteiger partial charge in [0.2, 0.25) is 5.91 Å². The van der Waals surface area contributed by atoms with Crippen LogP contribution in [0, 0.1) is 0 Å². The number of aliphatic hydroxyl groups excluding tert-OH is 1. The molecule has 0 atom stereocenters. The first-order valence-corrected chi connectivity index (χ1v) is 7.07. The van der Waals surface area contributed by atoms with Gasteiger partial charge in [0.15, 0.2) is 0 Å². The Morgan fingerprint density at radius 2 is 1.94 bits per heavy atom. The molecule has 1 aromatic carbocycles. The quantitative estimate of drug-likeness (QED) is 0.221. The van der Waals surface area contributed by atoms with Gasteiger partial charge in [-0.25, -0.2) is 5.84 Å². The third-order valence-electron chi connectivity index (χ3n) is 2.58. The van der Waals surface area contributed by atoms with Crippen LogP contribution >= 0.6 is 11.8 Å². The molecule has 100 valence electrons. The number of thioether (sulfide) groups is 1. The van der Waals surface area contributed by atoms with E-state index in [2.05, 4.69) is 5.43 Å². The molecule has 5 heteroatoms. The summed E-state index contributed by atoms with van der Waals surface area (Å²) in [4.78, 5) is 12.1. The van der Waals surface area contributed by atoms with Crippen LogP contribution in [0.1, 0.15) is 31.2 Å². The number of rotatable bonds is 8. The van der Waals surface area contributed by atoms with Gasteiger partial charge in [-0.1, -0.05) is 18.6 Å². The van der Waals surface area contributed by atoms with Gasteiger partial charge >= 0.3 is 0 Å². The summed E-state index contributed by atoms with van der Waals surface area (Å²) in [5, 5.41) is 8.92. The number of hydrogen-bond acceptors (Lipinski definition) is 4. The fourth-order valence-corrected chi connectivity index (χ4v) is 2.43. The highest BCUT2D eigenvalue weighted by atomic mass is 32.2. The predicted molar refractivity (Wildman–Crippen MR) is 73.9 cm³/mol. The van der Waals surface area contributed by atoms with Crippen molar-refractivity contribution in [3.8, 4) is 0 Å². The van der Waals surface area contributed by atoms with Crippen LogP contribution in [0.15, 0.2) is 29.2 Å². The average Bonchev–Trinajstić information content (AvgIpc) is 2.43. The molecule has 0 aliphatic heterocycles. The SMILES string of the molecule is NNC(=O)CCCCCSc1ccc(CO)cc1. The number of nitrogens with two attached hydrogens (primary N) is 1. The van der Waals surface area contributed by atoms with E-state index >= 15 is 0 Å². The molecule has 0 bridgehead atoms. The Balaban J connectivity index is 2.08. The number of unbranched alkanes of at least 4 members (excludes halogenated alkanes) is 2. The van der Waals surface area contributed by atoms with Gasteiger partial charge in [-0.05, 0) is 36.3 Å². The minimum atomic E-state index is -0.0951. The Hall–Kier alpha value is -1.04. The van der Waals surface area contributed by atoms with Crippen molar-refractivity contribution in [3.63, 3.8) is 0 Å². The maximum absolute atomic E-state index is 10.9. The molecule has 0 saturated carbocycles. The summed E-state index contributed by atoms with van der Waals surface area (Å²) in [6.45, 7) is 0.0914. The first kappa shape index (κ1) is 15.0. The second kappa shape index (κ2) is 8.97. The highest BCUT2D eigenvalue weighted by molar-refractivity contribution is 7.99. The minimum absolute atomic E-state index is 0.0914. The van der Waals surface area contributed by atoms with E-state index in [1.807, 2.05) is 24.3 Å². The molecular weight excluding hydrogens is 248 g/mol. The van der Waals surface area contributed by atoms with Gasteiger partial charge in [0.05, 0.1) is 6.61 Å². The molecule has 4 N–H and O–H groups in total. The number of nitrogens with one attached hydrogen (secondary N) is 1. The van der Waals surface area contributed by atoms with Gasteiger partial charge in [-0.15, -0.1) is 11.8 Å². The summed E-state index contributed by atoms with van der Waals surface area (Å²) in [6, 6.07) is 7.93. The smallest absolute Gasteiger partial charge is 0.233 e. The van der Waals surface area contributed by atoms with E-state index in [-0.39, 0.29) is 12.5 Å². The molecule has 0 fully saturated rings. The van der Waals surface area contributed by atoms with E-state index < -0.39 is 0 Å². The van der Waals surface area contributed by atoms with Crippen LogP contribution in [-0.4, -0.2) is 16.8 Å². The number of aliphatic hydroxyl groups is 1. The van der Waals surface area contributed by atoms with Crippen LogP contribution in [0.3, 0.4) is 0 Å². The molecule has 0 saturated heterocycles. The third kappa shape index (κ3) is 6.05. The van der Waals surface area contributed by atoms with Crippen molar-refractivity contribution in [2.45, 2.75) is 37.2 Å². The number of hydrazine groups is 1. The Morgan fingerprint density at radius 3 is 2.56 bits per heavy atom. The average molecular weight is 268 g/mol. The summed E-state index contributed by atoms with van der Waals surface area (Å²) in [7, 11) is 0. The molecule has 1 aromatic rings. The van der Waals surface area contributed by atoms with Gasteiger partial charge < -0.3 is 5.11 Å². The van der Waals surface area contributed by atoms with E-state index in [1.165, 1.54) is 4.90 Å². The summed E-state index contributed by atoms with van der Waals surface area (Å²) in [5.41, 5.74) is 3.07. The van der Waals surface area contributed by atoms with E-state index in [1.54, 1.807) is 11.8 Å². The number of hydrogen-bond donors (Lipinski definition) is 3. The highest BCUT2D eigenvalue weighted by Gasteiger charge is 1.98. The molecular formula is C13H20N2O2S. The fraction of sp³-hybridized carbons (Fsp3) is 0.462. The van der Waals surface area contributed by atoms with Crippen LogP contribution < -0.4 is 11.3 Å². The van der Waals surface area contributed by atoms with Gasteiger partial charge in [-0.3, -0.25) is 10.2 Å². The lowest BCUT2D eigenvalue weighted by molar-refractivity contribution is -0.121. The zero-order valence-corrected chi connectivity index (χ0v) is 11.2. The molecule has 18 heavy (non-hydrogen) atoms. The van der Waals surface area contributed by atoms with Crippen molar-refractivity contribution in [3.05, 3.63) is 29.8 Å². The molecule has 0 unspecified atom stereocenters.